The lowest BCUT2D eigenvalue weighted by Crippen LogP contribution is -2.13. The van der Waals surface area contributed by atoms with Gasteiger partial charge in [-0.1, -0.05) is 42.3 Å². The molecule has 3 rings (SSSR count). The van der Waals surface area contributed by atoms with Gasteiger partial charge < -0.3 is 9.47 Å². The number of carbonyl (C=O) groups is 1. The second-order valence-corrected chi connectivity index (χ2v) is 7.22. The molecular formula is C24H22O3S. The molecule has 1 unspecified atom stereocenters. The molecule has 4 heteroatoms. The van der Waals surface area contributed by atoms with Crippen molar-refractivity contribution in [2.45, 2.75) is 24.0 Å². The quantitative estimate of drug-likeness (QED) is 0.297. The Kier molecular flexibility index (Phi) is 7.00. The fourth-order valence-corrected chi connectivity index (χ4v) is 3.80. The highest BCUT2D eigenvalue weighted by Gasteiger charge is 2.23. The molecule has 3 aromatic rings. The third-order valence-electron chi connectivity index (χ3n) is 4.14. The van der Waals surface area contributed by atoms with Gasteiger partial charge in [0, 0.05) is 4.90 Å². The van der Waals surface area contributed by atoms with Crippen LogP contribution in [0.2, 0.25) is 0 Å². The van der Waals surface area contributed by atoms with Crippen LogP contribution in [0.4, 0.5) is 0 Å². The summed E-state index contributed by atoms with van der Waals surface area (Å²) in [4.78, 5) is 13.6. The molecule has 0 aromatic heterocycles. The Labute approximate surface area is 170 Å². The number of ether oxygens (including phenoxy) is 2. The van der Waals surface area contributed by atoms with E-state index in [9.17, 15) is 4.79 Å². The Balaban J connectivity index is 1.83. The maximum atomic E-state index is 12.6. The Morgan fingerprint density at radius 1 is 1.04 bits per heavy atom. The van der Waals surface area contributed by atoms with Crippen LogP contribution >= 0.6 is 11.8 Å². The summed E-state index contributed by atoms with van der Waals surface area (Å²) >= 11 is 1.48. The number of thioether (sulfide) groups is 1. The molecule has 0 spiro atoms. The molecule has 0 saturated carbocycles. The van der Waals surface area contributed by atoms with Crippen LogP contribution in [0.5, 0.6) is 5.75 Å². The molecular weight excluding hydrogens is 368 g/mol. The van der Waals surface area contributed by atoms with Gasteiger partial charge in [-0.05, 0) is 60.5 Å². The summed E-state index contributed by atoms with van der Waals surface area (Å²) in [6, 6.07) is 21.9. The highest BCUT2D eigenvalue weighted by Crippen LogP contribution is 2.38. The average Bonchev–Trinajstić information content (AvgIpc) is 2.73. The molecule has 3 nitrogen and oxygen atoms in total. The monoisotopic (exact) mass is 390 g/mol. The second kappa shape index (κ2) is 9.87. The summed E-state index contributed by atoms with van der Waals surface area (Å²) in [6.45, 7) is 4.33. The number of carbonyl (C=O) groups excluding carboxylic acids is 1. The Morgan fingerprint density at radius 2 is 1.79 bits per heavy atom. The van der Waals surface area contributed by atoms with E-state index in [1.807, 2.05) is 55.5 Å². The fraction of sp³-hybridized carbons (Fsp3) is 0.208. The number of fused-ring (bicyclic) bond motifs is 1. The van der Waals surface area contributed by atoms with Crippen molar-refractivity contribution in [3.63, 3.8) is 0 Å². The summed E-state index contributed by atoms with van der Waals surface area (Å²) in [5.74, 6) is 6.19. The number of hydrogen-bond donors (Lipinski definition) is 0. The highest BCUT2D eigenvalue weighted by atomic mass is 32.2. The first-order valence-electron chi connectivity index (χ1n) is 9.15. The van der Waals surface area contributed by atoms with E-state index < -0.39 is 5.25 Å². The largest absolute Gasteiger partial charge is 0.481 e. The summed E-state index contributed by atoms with van der Waals surface area (Å²) < 4.78 is 10.9. The van der Waals surface area contributed by atoms with Crippen molar-refractivity contribution in [1.29, 1.82) is 0 Å². The number of esters is 1. The molecule has 0 saturated heterocycles. The minimum Gasteiger partial charge on any atom is -0.481 e. The van der Waals surface area contributed by atoms with Crippen molar-refractivity contribution in [3.05, 3.63) is 72.3 Å². The lowest BCUT2D eigenvalue weighted by Gasteiger charge is -2.16. The van der Waals surface area contributed by atoms with Gasteiger partial charge in [-0.15, -0.1) is 17.7 Å². The van der Waals surface area contributed by atoms with Crippen LogP contribution < -0.4 is 4.74 Å². The van der Waals surface area contributed by atoms with Gasteiger partial charge in [-0.3, -0.25) is 4.79 Å². The highest BCUT2D eigenvalue weighted by molar-refractivity contribution is 8.00. The molecule has 0 amide bonds. The zero-order chi connectivity index (χ0) is 19.8. The smallest absolute Gasteiger partial charge is 0.323 e. The summed E-state index contributed by atoms with van der Waals surface area (Å²) in [5, 5.41) is 1.83. The van der Waals surface area contributed by atoms with E-state index in [0.717, 1.165) is 27.0 Å². The first-order chi connectivity index (χ1) is 13.7. The van der Waals surface area contributed by atoms with Crippen molar-refractivity contribution < 1.29 is 14.3 Å². The Morgan fingerprint density at radius 3 is 2.50 bits per heavy atom. The Bertz CT molecular complexity index is 1000. The Hall–Kier alpha value is -2.90. The zero-order valence-electron chi connectivity index (χ0n) is 16.0. The fourth-order valence-electron chi connectivity index (χ4n) is 2.78. The minimum atomic E-state index is -0.428. The third kappa shape index (κ3) is 5.09. The molecule has 142 valence electrons. The molecule has 0 heterocycles. The molecule has 0 aliphatic rings. The van der Waals surface area contributed by atoms with E-state index >= 15 is 0 Å². The van der Waals surface area contributed by atoms with Crippen LogP contribution in [0.1, 0.15) is 24.7 Å². The van der Waals surface area contributed by atoms with E-state index in [0.29, 0.717) is 13.2 Å². The van der Waals surface area contributed by atoms with Crippen LogP contribution in [-0.2, 0) is 9.53 Å². The minimum absolute atomic E-state index is 0.235. The molecule has 0 aliphatic carbocycles. The molecule has 3 aromatic carbocycles. The predicted molar refractivity (Wildman–Crippen MR) is 115 cm³/mol. The third-order valence-corrected chi connectivity index (χ3v) is 5.39. The maximum absolute atomic E-state index is 12.6. The van der Waals surface area contributed by atoms with E-state index in [1.54, 1.807) is 6.92 Å². The normalized spacial score (nSPS) is 11.4. The number of benzene rings is 3. The van der Waals surface area contributed by atoms with Gasteiger partial charge in [0.05, 0.1) is 6.61 Å². The van der Waals surface area contributed by atoms with Gasteiger partial charge in [0.15, 0.2) is 0 Å². The topological polar surface area (TPSA) is 35.5 Å². The number of rotatable bonds is 7. The van der Waals surface area contributed by atoms with Gasteiger partial charge in [-0.25, -0.2) is 0 Å². The van der Waals surface area contributed by atoms with Crippen molar-refractivity contribution >= 4 is 28.5 Å². The van der Waals surface area contributed by atoms with Crippen molar-refractivity contribution in [2.75, 3.05) is 13.2 Å². The van der Waals surface area contributed by atoms with Crippen molar-refractivity contribution in [1.82, 2.24) is 0 Å². The van der Waals surface area contributed by atoms with Gasteiger partial charge in [0.25, 0.3) is 0 Å². The van der Waals surface area contributed by atoms with Gasteiger partial charge in [-0.2, -0.15) is 0 Å². The second-order valence-electron chi connectivity index (χ2n) is 6.04. The van der Waals surface area contributed by atoms with E-state index in [1.165, 1.54) is 11.8 Å². The first-order valence-corrected chi connectivity index (χ1v) is 10.0. The molecule has 1 atom stereocenters. The SMILES string of the molecule is CC#CCOc1ccc(SC(C(=O)OCC)c2ccc3ccccc3c2)cc1. The van der Waals surface area contributed by atoms with Crippen LogP contribution in [0.3, 0.4) is 0 Å². The zero-order valence-corrected chi connectivity index (χ0v) is 16.8. The predicted octanol–water partition coefficient (Wildman–Crippen LogP) is 5.64. The summed E-state index contributed by atoms with van der Waals surface area (Å²) in [5.41, 5.74) is 0.931. The van der Waals surface area contributed by atoms with Gasteiger partial charge in [0.1, 0.15) is 17.6 Å². The van der Waals surface area contributed by atoms with Crippen LogP contribution in [-0.4, -0.2) is 19.2 Å². The lowest BCUT2D eigenvalue weighted by molar-refractivity contribution is -0.142. The van der Waals surface area contributed by atoms with Crippen LogP contribution in [0.15, 0.2) is 71.6 Å². The molecule has 0 fully saturated rings. The maximum Gasteiger partial charge on any atom is 0.323 e. The number of hydrogen-bond acceptors (Lipinski definition) is 4. The van der Waals surface area contributed by atoms with E-state index in [4.69, 9.17) is 9.47 Å². The molecule has 0 radical (unpaired) electrons. The van der Waals surface area contributed by atoms with E-state index in [-0.39, 0.29) is 5.97 Å². The summed E-state index contributed by atoms with van der Waals surface area (Å²) in [7, 11) is 0. The first kappa shape index (κ1) is 19.9. The lowest BCUT2D eigenvalue weighted by atomic mass is 10.0. The van der Waals surface area contributed by atoms with Crippen LogP contribution in [0.25, 0.3) is 10.8 Å². The van der Waals surface area contributed by atoms with Gasteiger partial charge >= 0.3 is 5.97 Å². The molecule has 0 bridgehead atoms. The molecule has 0 N–H and O–H groups in total. The van der Waals surface area contributed by atoms with Crippen molar-refractivity contribution in [3.8, 4) is 17.6 Å². The van der Waals surface area contributed by atoms with E-state index in [2.05, 4.69) is 30.0 Å². The molecule has 0 aliphatic heterocycles. The van der Waals surface area contributed by atoms with Crippen molar-refractivity contribution in [2.24, 2.45) is 0 Å². The molecule has 28 heavy (non-hydrogen) atoms. The standard InChI is InChI=1S/C24H22O3S/c1-3-5-16-27-21-12-14-22(15-13-21)28-23(24(25)26-4-2)20-11-10-18-8-6-7-9-19(18)17-20/h6-15,17,23H,4,16H2,1-2H3. The van der Waals surface area contributed by atoms with Gasteiger partial charge in [0.2, 0.25) is 0 Å². The average molecular weight is 391 g/mol. The summed E-state index contributed by atoms with van der Waals surface area (Å²) in [6.07, 6.45) is 0. The van der Waals surface area contributed by atoms with Crippen LogP contribution in [0, 0.1) is 11.8 Å².